The van der Waals surface area contributed by atoms with Crippen LogP contribution in [0.4, 0.5) is 30.5 Å². The second-order valence-corrected chi connectivity index (χ2v) is 12.1. The molecule has 0 radical (unpaired) electrons. The number of hydrogen-bond acceptors (Lipinski definition) is 9. The third kappa shape index (κ3) is 5.65. The Morgan fingerprint density at radius 3 is 2.33 bits per heavy atom. The summed E-state index contributed by atoms with van der Waals surface area (Å²) in [6, 6.07) is 10.1. The summed E-state index contributed by atoms with van der Waals surface area (Å²) in [5, 5.41) is 0.673. The minimum atomic E-state index is -4.82. The molecule has 0 bridgehead atoms. The highest BCUT2D eigenvalue weighted by Gasteiger charge is 2.27. The van der Waals surface area contributed by atoms with Crippen molar-refractivity contribution in [2.75, 3.05) is 48.8 Å². The highest BCUT2D eigenvalue weighted by atomic mass is 32.2. The molecule has 5 aromatic rings. The number of hydrogen-bond donors (Lipinski definition) is 2. The predicted octanol–water partition coefficient (Wildman–Crippen LogP) is 5.57. The van der Waals surface area contributed by atoms with Crippen molar-refractivity contribution in [1.29, 1.82) is 0 Å². The highest BCUT2D eigenvalue weighted by Crippen LogP contribution is 2.43. The van der Waals surface area contributed by atoms with E-state index in [1.807, 2.05) is 11.6 Å². The lowest BCUT2D eigenvalue weighted by Crippen LogP contribution is -2.37. The van der Waals surface area contributed by atoms with Crippen LogP contribution >= 0.6 is 0 Å². The first kappa shape index (κ1) is 31.0. The van der Waals surface area contributed by atoms with Gasteiger partial charge in [-0.3, -0.25) is 4.72 Å². The van der Waals surface area contributed by atoms with Crippen molar-refractivity contribution in [2.45, 2.75) is 18.2 Å². The largest absolute Gasteiger partial charge is 0.494 e. The van der Waals surface area contributed by atoms with Gasteiger partial charge in [0.2, 0.25) is 5.95 Å². The molecule has 2 aromatic heterocycles. The molecule has 3 heterocycles. The van der Waals surface area contributed by atoms with Crippen LogP contribution in [0.2, 0.25) is 0 Å². The lowest BCUT2D eigenvalue weighted by Gasteiger charge is -2.32. The molecule has 238 valence electrons. The van der Waals surface area contributed by atoms with Crippen LogP contribution in [0, 0.1) is 17.5 Å². The van der Waals surface area contributed by atoms with Gasteiger partial charge in [0.15, 0.2) is 10.7 Å². The summed E-state index contributed by atoms with van der Waals surface area (Å²) in [5.41, 5.74) is 9.20. The fourth-order valence-electron chi connectivity index (χ4n) is 5.62. The van der Waals surface area contributed by atoms with Gasteiger partial charge in [0, 0.05) is 47.6 Å². The van der Waals surface area contributed by atoms with Crippen LogP contribution < -0.4 is 20.1 Å². The van der Waals surface area contributed by atoms with Crippen LogP contribution in [-0.4, -0.2) is 56.8 Å². The summed E-state index contributed by atoms with van der Waals surface area (Å²) in [6.07, 6.45) is 3.80. The van der Waals surface area contributed by atoms with E-state index in [0.29, 0.717) is 66.2 Å². The van der Waals surface area contributed by atoms with Gasteiger partial charge >= 0.3 is 0 Å². The lowest BCUT2D eigenvalue weighted by molar-refractivity contribution is 0.123. The number of nitrogens with zero attached hydrogens (tertiary/aromatic N) is 4. The van der Waals surface area contributed by atoms with Gasteiger partial charge in [-0.2, -0.15) is 0 Å². The lowest BCUT2D eigenvalue weighted by atomic mass is 9.95. The van der Waals surface area contributed by atoms with Crippen LogP contribution in [0.3, 0.4) is 0 Å². The zero-order valence-corrected chi connectivity index (χ0v) is 25.7. The van der Waals surface area contributed by atoms with Gasteiger partial charge in [-0.25, -0.2) is 36.5 Å². The van der Waals surface area contributed by atoms with Crippen molar-refractivity contribution in [3.63, 3.8) is 0 Å². The Morgan fingerprint density at radius 1 is 1.00 bits per heavy atom. The first-order chi connectivity index (χ1) is 22.1. The fraction of sp³-hybridized carbons (Fsp3) is 0.219. The average molecular weight is 651 g/mol. The van der Waals surface area contributed by atoms with Crippen LogP contribution in [0.1, 0.15) is 12.5 Å². The number of nitrogen functional groups attached to an aromatic ring is 1. The number of benzene rings is 3. The molecule has 0 unspecified atom stereocenters. The summed E-state index contributed by atoms with van der Waals surface area (Å²) in [5.74, 6) is -3.09. The number of halogens is 3. The second-order valence-electron chi connectivity index (χ2n) is 10.5. The minimum Gasteiger partial charge on any atom is -0.494 e. The molecule has 0 amide bonds. The van der Waals surface area contributed by atoms with Crippen molar-refractivity contribution in [2.24, 2.45) is 0 Å². The normalized spacial score (nSPS) is 13.6. The molecule has 10 nitrogen and oxygen atoms in total. The molecule has 0 spiro atoms. The first-order valence-electron chi connectivity index (χ1n) is 14.3. The Labute approximate surface area is 263 Å². The Morgan fingerprint density at radius 2 is 1.67 bits per heavy atom. The quantitative estimate of drug-likeness (QED) is 0.221. The Hall–Kier alpha value is -4.95. The molecule has 3 aromatic carbocycles. The molecular formula is C32H29F3N6O4S. The van der Waals surface area contributed by atoms with Gasteiger partial charge in [-0.1, -0.05) is 25.1 Å². The number of aromatic nitrogens is 3. The standard InChI is InChI=1S/C32H29F3N6O4S/c1-3-20-28(19-16-37-32(36)38-17-19)39-29-22(30(20)41-10-12-45-13-11-41)14-18(15-26(29)44-2)21-6-4-9-25(27(21)35)40-46(42,43)31-23(33)7-5-8-24(31)34/h4-9,14-17,40H,3,10-13H2,1-2H3,(H2,36,37,38). The summed E-state index contributed by atoms with van der Waals surface area (Å²) >= 11 is 0. The van der Waals surface area contributed by atoms with Gasteiger partial charge in [-0.05, 0) is 42.3 Å². The number of rotatable bonds is 8. The maximum Gasteiger partial charge on any atom is 0.267 e. The molecule has 1 aliphatic heterocycles. The van der Waals surface area contributed by atoms with E-state index in [0.717, 1.165) is 29.4 Å². The van der Waals surface area contributed by atoms with E-state index in [4.69, 9.17) is 20.2 Å². The predicted molar refractivity (Wildman–Crippen MR) is 169 cm³/mol. The number of sulfonamides is 1. The zero-order chi connectivity index (χ0) is 32.6. The molecule has 0 saturated carbocycles. The smallest absolute Gasteiger partial charge is 0.267 e. The molecule has 1 saturated heterocycles. The number of methoxy groups -OCH3 is 1. The van der Waals surface area contributed by atoms with Gasteiger partial charge in [0.05, 0.1) is 37.4 Å². The van der Waals surface area contributed by atoms with Crippen LogP contribution in [0.15, 0.2) is 65.8 Å². The van der Waals surface area contributed by atoms with E-state index in [1.54, 1.807) is 24.5 Å². The van der Waals surface area contributed by atoms with Crippen molar-refractivity contribution < 1.29 is 31.1 Å². The van der Waals surface area contributed by atoms with E-state index in [2.05, 4.69) is 14.9 Å². The summed E-state index contributed by atoms with van der Waals surface area (Å²) < 4.78 is 84.1. The molecule has 0 aliphatic carbocycles. The Bertz CT molecular complexity index is 2040. The van der Waals surface area contributed by atoms with Crippen molar-refractivity contribution in [3.8, 4) is 28.1 Å². The molecule has 46 heavy (non-hydrogen) atoms. The average Bonchev–Trinajstić information content (AvgIpc) is 3.04. The zero-order valence-electron chi connectivity index (χ0n) is 24.9. The molecule has 1 fully saturated rings. The maximum absolute atomic E-state index is 16.1. The van der Waals surface area contributed by atoms with E-state index in [-0.39, 0.29) is 11.5 Å². The summed E-state index contributed by atoms with van der Waals surface area (Å²) in [6.45, 7) is 4.19. The third-order valence-corrected chi connectivity index (χ3v) is 9.13. The van der Waals surface area contributed by atoms with Gasteiger partial charge in [0.1, 0.15) is 22.9 Å². The highest BCUT2D eigenvalue weighted by molar-refractivity contribution is 7.92. The van der Waals surface area contributed by atoms with Gasteiger partial charge < -0.3 is 20.1 Å². The SMILES string of the molecule is CCc1c(-c2cnc(N)nc2)nc2c(OC)cc(-c3cccc(NS(=O)(=O)c4c(F)cccc4F)c3F)cc2c1N1CCOCC1. The van der Waals surface area contributed by atoms with E-state index in [9.17, 15) is 17.2 Å². The fourth-order valence-corrected chi connectivity index (χ4v) is 6.82. The number of fused-ring (bicyclic) bond motifs is 1. The molecule has 14 heteroatoms. The molecular weight excluding hydrogens is 621 g/mol. The monoisotopic (exact) mass is 650 g/mol. The van der Waals surface area contributed by atoms with Crippen LogP contribution in [0.5, 0.6) is 5.75 Å². The molecule has 6 rings (SSSR count). The molecule has 3 N–H and O–H groups in total. The van der Waals surface area contributed by atoms with E-state index in [1.165, 1.54) is 25.3 Å². The summed E-state index contributed by atoms with van der Waals surface area (Å²) in [4.78, 5) is 14.3. The van der Waals surface area contributed by atoms with Crippen LogP contribution in [0.25, 0.3) is 33.3 Å². The topological polar surface area (TPSA) is 133 Å². The number of ether oxygens (including phenoxy) is 2. The van der Waals surface area contributed by atoms with E-state index >= 15 is 4.39 Å². The number of anilines is 3. The van der Waals surface area contributed by atoms with E-state index < -0.39 is 38.1 Å². The summed E-state index contributed by atoms with van der Waals surface area (Å²) in [7, 11) is -3.35. The number of nitrogens with two attached hydrogens (primary N) is 1. The van der Waals surface area contributed by atoms with Gasteiger partial charge in [0.25, 0.3) is 10.0 Å². The van der Waals surface area contributed by atoms with Crippen molar-refractivity contribution >= 4 is 38.2 Å². The second kappa shape index (κ2) is 12.4. The molecule has 1 aliphatic rings. The first-order valence-corrected chi connectivity index (χ1v) is 15.8. The van der Waals surface area contributed by atoms with Crippen molar-refractivity contribution in [3.05, 3.63) is 83.9 Å². The number of morpholine rings is 1. The maximum atomic E-state index is 16.1. The molecule has 0 atom stereocenters. The van der Waals surface area contributed by atoms with Crippen molar-refractivity contribution in [1.82, 2.24) is 15.0 Å². The number of nitrogens with one attached hydrogen (secondary N) is 1. The van der Waals surface area contributed by atoms with Gasteiger partial charge in [-0.15, -0.1) is 0 Å². The Balaban J connectivity index is 1.55. The third-order valence-electron chi connectivity index (χ3n) is 7.71. The minimum absolute atomic E-state index is 0.0244. The number of pyridine rings is 1. The van der Waals surface area contributed by atoms with Crippen LogP contribution in [-0.2, 0) is 21.2 Å². The Kier molecular flexibility index (Phi) is 8.40.